The lowest BCUT2D eigenvalue weighted by molar-refractivity contribution is -0.120. The van der Waals surface area contributed by atoms with Crippen LogP contribution in [0.15, 0.2) is 59.4 Å². The maximum absolute atomic E-state index is 13.2. The minimum absolute atomic E-state index is 0.0151. The summed E-state index contributed by atoms with van der Waals surface area (Å²) < 4.78 is 13.3. The minimum atomic E-state index is -0.734. The SMILES string of the molecule is COCCCn1c(=O)/c(=C\c2ccc(OCc3ccccc3)cc2)s/c1=C(/C#N)C(=O)C(C)(C)C. The molecule has 0 bridgehead atoms. The van der Waals surface area contributed by atoms with Crippen molar-refractivity contribution in [2.75, 3.05) is 13.7 Å². The monoisotopic (exact) mass is 490 g/mol. The maximum Gasteiger partial charge on any atom is 0.269 e. The normalized spacial score (nSPS) is 12.8. The van der Waals surface area contributed by atoms with Gasteiger partial charge < -0.3 is 9.47 Å². The summed E-state index contributed by atoms with van der Waals surface area (Å²) in [6.45, 7) is 6.60. The summed E-state index contributed by atoms with van der Waals surface area (Å²) in [7, 11) is 1.60. The molecule has 1 aromatic heterocycles. The second-order valence-corrected chi connectivity index (χ2v) is 10.2. The molecule has 35 heavy (non-hydrogen) atoms. The zero-order valence-electron chi connectivity index (χ0n) is 20.5. The number of nitrogens with zero attached hydrogens (tertiary/aromatic N) is 2. The molecule has 3 rings (SSSR count). The lowest BCUT2D eigenvalue weighted by Gasteiger charge is -2.15. The number of carbonyl (C=O) groups excluding carboxylic acids is 1. The fraction of sp³-hybridized carbons (Fsp3) is 0.321. The molecule has 0 aliphatic carbocycles. The molecule has 0 saturated carbocycles. The van der Waals surface area contributed by atoms with Crippen LogP contribution in [0.4, 0.5) is 0 Å². The number of benzene rings is 2. The van der Waals surface area contributed by atoms with E-state index in [9.17, 15) is 14.9 Å². The van der Waals surface area contributed by atoms with Crippen molar-refractivity contribution in [2.45, 2.75) is 40.3 Å². The van der Waals surface area contributed by atoms with Crippen molar-refractivity contribution in [1.82, 2.24) is 4.57 Å². The van der Waals surface area contributed by atoms with Gasteiger partial charge in [-0.05, 0) is 35.8 Å². The number of methoxy groups -OCH3 is 1. The number of hydrogen-bond acceptors (Lipinski definition) is 6. The van der Waals surface area contributed by atoms with E-state index in [2.05, 4.69) is 6.07 Å². The third-order valence-corrected chi connectivity index (χ3v) is 6.43. The molecule has 3 aromatic rings. The Bertz CT molecular complexity index is 1370. The van der Waals surface area contributed by atoms with Gasteiger partial charge in [-0.1, -0.05) is 63.2 Å². The smallest absolute Gasteiger partial charge is 0.269 e. The molecule has 1 heterocycles. The lowest BCUT2D eigenvalue weighted by Crippen LogP contribution is -2.34. The minimum Gasteiger partial charge on any atom is -0.489 e. The largest absolute Gasteiger partial charge is 0.489 e. The Morgan fingerprint density at radius 3 is 2.40 bits per heavy atom. The first-order valence-corrected chi connectivity index (χ1v) is 12.2. The fourth-order valence-electron chi connectivity index (χ4n) is 3.40. The highest BCUT2D eigenvalue weighted by Crippen LogP contribution is 2.20. The summed E-state index contributed by atoms with van der Waals surface area (Å²) in [6, 6.07) is 19.4. The van der Waals surface area contributed by atoms with Gasteiger partial charge in [-0.3, -0.25) is 14.2 Å². The van der Waals surface area contributed by atoms with Crippen LogP contribution in [-0.4, -0.2) is 24.1 Å². The lowest BCUT2D eigenvalue weighted by atomic mass is 9.87. The number of carbonyl (C=O) groups is 1. The summed E-state index contributed by atoms with van der Waals surface area (Å²) in [5, 5.41) is 9.80. The van der Waals surface area contributed by atoms with Crippen molar-refractivity contribution in [3.63, 3.8) is 0 Å². The van der Waals surface area contributed by atoms with Crippen LogP contribution in [0.5, 0.6) is 5.75 Å². The topological polar surface area (TPSA) is 81.3 Å². The molecule has 0 spiro atoms. The van der Waals surface area contributed by atoms with Gasteiger partial charge in [0.2, 0.25) is 0 Å². The number of thiazole rings is 1. The highest BCUT2D eigenvalue weighted by Gasteiger charge is 2.27. The quantitative estimate of drug-likeness (QED) is 0.428. The number of hydrogen-bond donors (Lipinski definition) is 0. The van der Waals surface area contributed by atoms with Crippen LogP contribution in [0.25, 0.3) is 11.6 Å². The number of rotatable bonds is 9. The molecule has 0 N–H and O–H groups in total. The van der Waals surface area contributed by atoms with Crippen molar-refractivity contribution >= 4 is 28.8 Å². The van der Waals surface area contributed by atoms with Crippen molar-refractivity contribution < 1.29 is 14.3 Å². The van der Waals surface area contributed by atoms with E-state index in [-0.39, 0.29) is 16.9 Å². The highest BCUT2D eigenvalue weighted by atomic mass is 32.1. The Hall–Kier alpha value is -3.47. The number of nitriles is 1. The number of aromatic nitrogens is 1. The van der Waals surface area contributed by atoms with Gasteiger partial charge in [0.05, 0.1) is 4.53 Å². The number of ether oxygens (including phenoxy) is 2. The predicted molar refractivity (Wildman–Crippen MR) is 139 cm³/mol. The van der Waals surface area contributed by atoms with Crippen LogP contribution in [0.3, 0.4) is 0 Å². The number of Topliss-reactive ketones (excluding diaryl/α,β-unsaturated/α-hetero) is 1. The van der Waals surface area contributed by atoms with Gasteiger partial charge in [0, 0.05) is 25.7 Å². The van der Waals surface area contributed by atoms with E-state index in [0.29, 0.717) is 35.4 Å². The molecule has 0 saturated heterocycles. The summed E-state index contributed by atoms with van der Waals surface area (Å²) in [6.07, 6.45) is 2.37. The molecule has 2 aromatic carbocycles. The van der Waals surface area contributed by atoms with E-state index in [1.807, 2.05) is 54.6 Å². The van der Waals surface area contributed by atoms with Gasteiger partial charge >= 0.3 is 0 Å². The second-order valence-electron chi connectivity index (χ2n) is 9.13. The van der Waals surface area contributed by atoms with Gasteiger partial charge in [-0.25, -0.2) is 0 Å². The predicted octanol–water partition coefficient (Wildman–Crippen LogP) is 3.64. The van der Waals surface area contributed by atoms with E-state index in [4.69, 9.17) is 9.47 Å². The standard InChI is InChI=1S/C28H30N2O4S/c1-28(2,3)25(31)23(18-29)27-30(15-8-16-33-4)26(32)24(35-27)17-20-11-13-22(14-12-20)34-19-21-9-6-5-7-10-21/h5-7,9-14,17H,8,15-16,19H2,1-4H3/b24-17+,27-23-. The van der Waals surface area contributed by atoms with Crippen molar-refractivity contribution in [2.24, 2.45) is 5.41 Å². The molecular formula is C28H30N2O4S. The average molecular weight is 491 g/mol. The zero-order valence-corrected chi connectivity index (χ0v) is 21.4. The maximum atomic E-state index is 13.2. The van der Waals surface area contributed by atoms with E-state index in [0.717, 1.165) is 16.9 Å². The molecule has 182 valence electrons. The molecular weight excluding hydrogens is 460 g/mol. The first kappa shape index (κ1) is 26.1. The van der Waals surface area contributed by atoms with E-state index in [1.54, 1.807) is 34.0 Å². The first-order valence-electron chi connectivity index (χ1n) is 11.4. The summed E-state index contributed by atoms with van der Waals surface area (Å²) in [5.74, 6) is 0.443. The van der Waals surface area contributed by atoms with Crippen LogP contribution in [-0.2, 0) is 22.7 Å². The molecule has 0 fully saturated rings. The average Bonchev–Trinajstić information content (AvgIpc) is 3.14. The van der Waals surface area contributed by atoms with Gasteiger partial charge in [0.1, 0.15) is 28.7 Å². The third kappa shape index (κ3) is 6.78. The van der Waals surface area contributed by atoms with Crippen molar-refractivity contribution in [1.29, 1.82) is 5.26 Å². The molecule has 0 atom stereocenters. The zero-order chi connectivity index (χ0) is 25.4. The molecule has 7 heteroatoms. The summed E-state index contributed by atoms with van der Waals surface area (Å²) in [4.78, 5) is 26.2. The van der Waals surface area contributed by atoms with Crippen LogP contribution in [0.1, 0.15) is 38.3 Å². The van der Waals surface area contributed by atoms with Gasteiger partial charge in [0.25, 0.3) is 5.56 Å². The van der Waals surface area contributed by atoms with Crippen LogP contribution in [0.2, 0.25) is 0 Å². The molecule has 0 amide bonds. The van der Waals surface area contributed by atoms with Crippen LogP contribution in [0, 0.1) is 16.7 Å². The Kier molecular flexibility index (Phi) is 8.80. The van der Waals surface area contributed by atoms with Crippen molar-refractivity contribution in [3.8, 4) is 11.8 Å². The molecule has 0 aliphatic rings. The fourth-order valence-corrected chi connectivity index (χ4v) is 4.52. The number of ketones is 1. The van der Waals surface area contributed by atoms with E-state index in [1.165, 1.54) is 15.9 Å². The van der Waals surface area contributed by atoms with Crippen molar-refractivity contribution in [3.05, 3.63) is 85.3 Å². The highest BCUT2D eigenvalue weighted by molar-refractivity contribution is 7.07. The summed E-state index contributed by atoms with van der Waals surface area (Å²) >= 11 is 1.17. The van der Waals surface area contributed by atoms with E-state index >= 15 is 0 Å². The molecule has 6 nitrogen and oxygen atoms in total. The van der Waals surface area contributed by atoms with Gasteiger partial charge in [-0.2, -0.15) is 5.26 Å². The Labute approximate surface area is 209 Å². The Morgan fingerprint density at radius 2 is 1.80 bits per heavy atom. The third-order valence-electron chi connectivity index (χ3n) is 5.30. The Morgan fingerprint density at radius 1 is 1.11 bits per heavy atom. The molecule has 0 unspecified atom stereocenters. The molecule has 0 radical (unpaired) electrons. The van der Waals surface area contributed by atoms with E-state index < -0.39 is 5.41 Å². The first-order chi connectivity index (χ1) is 16.7. The summed E-state index contributed by atoms with van der Waals surface area (Å²) in [5.41, 5.74) is 0.965. The molecule has 0 aliphatic heterocycles. The van der Waals surface area contributed by atoms with Crippen LogP contribution >= 0.6 is 11.3 Å². The second kappa shape index (κ2) is 11.8. The van der Waals surface area contributed by atoms with Gasteiger partial charge in [0.15, 0.2) is 5.78 Å². The van der Waals surface area contributed by atoms with Crippen LogP contribution < -0.4 is 19.5 Å². The van der Waals surface area contributed by atoms with Gasteiger partial charge in [-0.15, -0.1) is 11.3 Å². The Balaban J connectivity index is 1.98.